The summed E-state index contributed by atoms with van der Waals surface area (Å²) in [5.74, 6) is -0.342. The number of hydrogen-bond acceptors (Lipinski definition) is 8. The Morgan fingerprint density at radius 1 is 1.06 bits per heavy atom. The van der Waals surface area contributed by atoms with Crippen molar-refractivity contribution in [3.05, 3.63) is 82.4 Å². The first kappa shape index (κ1) is 23.9. The number of ether oxygens (including phenoxy) is 1. The van der Waals surface area contributed by atoms with E-state index in [4.69, 9.17) is 9.15 Å². The third-order valence-corrected chi connectivity index (χ3v) is 7.39. The van der Waals surface area contributed by atoms with E-state index in [0.29, 0.717) is 43.2 Å². The normalized spacial score (nSPS) is 19.6. The predicted molar refractivity (Wildman–Crippen MR) is 135 cm³/mol. The van der Waals surface area contributed by atoms with E-state index in [9.17, 15) is 14.4 Å². The topological polar surface area (TPSA) is 95.7 Å². The summed E-state index contributed by atoms with van der Waals surface area (Å²) >= 11 is 1.44. The second kappa shape index (κ2) is 10.1. The van der Waals surface area contributed by atoms with Gasteiger partial charge in [-0.3, -0.25) is 9.59 Å². The fraction of sp³-hybridized carbons (Fsp3) is 0.308. The number of carbonyl (C=O) groups is 3. The summed E-state index contributed by atoms with van der Waals surface area (Å²) in [6.45, 7) is 3.58. The third-order valence-electron chi connectivity index (χ3n) is 6.51. The molecule has 186 valence electrons. The average molecular weight is 507 g/mol. The molecule has 0 N–H and O–H groups in total. The predicted octanol–water partition coefficient (Wildman–Crippen LogP) is 3.40. The number of allylic oxidation sites excluding steroid dienone is 1. The zero-order valence-electron chi connectivity index (χ0n) is 20.0. The van der Waals surface area contributed by atoms with E-state index in [1.165, 1.54) is 25.1 Å². The Hall–Kier alpha value is -3.79. The summed E-state index contributed by atoms with van der Waals surface area (Å²) in [6.07, 6.45) is 1.64. The van der Waals surface area contributed by atoms with E-state index in [0.717, 1.165) is 16.4 Å². The van der Waals surface area contributed by atoms with Crippen LogP contribution < -0.4 is 0 Å². The molecule has 1 aromatic carbocycles. The van der Waals surface area contributed by atoms with Crippen molar-refractivity contribution in [2.24, 2.45) is 4.99 Å². The number of aliphatic imine (C=N–C) groups is 1. The number of thioether (sulfide) groups is 1. The van der Waals surface area contributed by atoms with Crippen molar-refractivity contribution in [1.82, 2.24) is 14.7 Å². The van der Waals surface area contributed by atoms with Crippen LogP contribution in [0, 0.1) is 0 Å². The number of rotatable bonds is 5. The van der Waals surface area contributed by atoms with Crippen molar-refractivity contribution in [3.63, 3.8) is 0 Å². The summed E-state index contributed by atoms with van der Waals surface area (Å²) in [4.78, 5) is 48.7. The standard InChI is InChI=1S/C26H26N4O5S/c1-17-22(25(33)34-2)23(18-7-4-3-5-8-18)30-19(16-36-26(30)27-17)15-21(31)28-10-12-29(13-11-28)24(32)20-9-6-14-35-20/h3-9,14,16,23H,10-13,15H2,1-2H3/t23-/m0/s1. The number of furan rings is 1. The van der Waals surface area contributed by atoms with Crippen molar-refractivity contribution < 1.29 is 23.5 Å². The number of hydrogen-bond donors (Lipinski definition) is 0. The SMILES string of the molecule is COC(=O)C1=C(C)N=C2SC=C(CC(=O)N3CCN(C(=O)c4ccco4)CC3)N2[C@H]1c1ccccc1. The Morgan fingerprint density at radius 2 is 1.78 bits per heavy atom. The molecule has 0 aliphatic carbocycles. The minimum Gasteiger partial charge on any atom is -0.466 e. The second-order valence-electron chi connectivity index (χ2n) is 8.62. The number of amides is 2. The number of nitrogens with zero attached hydrogens (tertiary/aromatic N) is 4. The van der Waals surface area contributed by atoms with Gasteiger partial charge in [0.05, 0.1) is 37.1 Å². The Balaban J connectivity index is 1.32. The Labute approximate surface area is 213 Å². The van der Waals surface area contributed by atoms with Gasteiger partial charge in [-0.2, -0.15) is 0 Å². The Bertz CT molecular complexity index is 1260. The number of esters is 1. The fourth-order valence-electron chi connectivity index (χ4n) is 4.67. The minimum atomic E-state index is -0.442. The van der Waals surface area contributed by atoms with Crippen molar-refractivity contribution >= 4 is 34.7 Å². The molecular weight excluding hydrogens is 480 g/mol. The van der Waals surface area contributed by atoms with Gasteiger partial charge in [0.1, 0.15) is 0 Å². The first-order valence-electron chi connectivity index (χ1n) is 11.7. The highest BCUT2D eigenvalue weighted by atomic mass is 32.2. The summed E-state index contributed by atoms with van der Waals surface area (Å²) in [5, 5.41) is 2.65. The van der Waals surface area contributed by atoms with Crippen LogP contribution in [0.5, 0.6) is 0 Å². The lowest BCUT2D eigenvalue weighted by molar-refractivity contribution is -0.136. The van der Waals surface area contributed by atoms with Gasteiger partial charge in [0, 0.05) is 31.9 Å². The van der Waals surface area contributed by atoms with Gasteiger partial charge in [0.15, 0.2) is 10.9 Å². The molecule has 1 aromatic heterocycles. The van der Waals surface area contributed by atoms with Gasteiger partial charge >= 0.3 is 5.97 Å². The van der Waals surface area contributed by atoms with E-state index in [1.807, 2.05) is 40.6 Å². The lowest BCUT2D eigenvalue weighted by Gasteiger charge is -2.37. The van der Waals surface area contributed by atoms with Crippen LogP contribution in [0.4, 0.5) is 0 Å². The molecule has 3 aliphatic heterocycles. The number of methoxy groups -OCH3 is 1. The second-order valence-corrected chi connectivity index (χ2v) is 9.46. The van der Waals surface area contributed by atoms with Crippen molar-refractivity contribution in [2.75, 3.05) is 33.3 Å². The summed E-state index contributed by atoms with van der Waals surface area (Å²) in [6, 6.07) is 12.6. The maximum Gasteiger partial charge on any atom is 0.338 e. The summed E-state index contributed by atoms with van der Waals surface area (Å²) < 4.78 is 10.3. The monoisotopic (exact) mass is 506 g/mol. The van der Waals surface area contributed by atoms with E-state index in [-0.39, 0.29) is 18.2 Å². The van der Waals surface area contributed by atoms with Gasteiger partial charge in [0.2, 0.25) is 5.91 Å². The number of carbonyl (C=O) groups excluding carboxylic acids is 3. The van der Waals surface area contributed by atoms with Gasteiger partial charge in [-0.25, -0.2) is 9.79 Å². The Morgan fingerprint density at radius 3 is 2.44 bits per heavy atom. The number of amidine groups is 1. The minimum absolute atomic E-state index is 0.0362. The quantitative estimate of drug-likeness (QED) is 0.574. The summed E-state index contributed by atoms with van der Waals surface area (Å²) in [7, 11) is 1.36. The van der Waals surface area contributed by atoms with Gasteiger partial charge in [0.25, 0.3) is 5.91 Å². The van der Waals surface area contributed by atoms with Gasteiger partial charge < -0.3 is 23.9 Å². The van der Waals surface area contributed by atoms with Crippen LogP contribution in [0.1, 0.15) is 35.5 Å². The van der Waals surface area contributed by atoms with E-state index in [2.05, 4.69) is 4.99 Å². The zero-order valence-corrected chi connectivity index (χ0v) is 20.9. The maximum absolute atomic E-state index is 13.3. The maximum atomic E-state index is 13.3. The smallest absolute Gasteiger partial charge is 0.338 e. The largest absolute Gasteiger partial charge is 0.466 e. The molecule has 0 radical (unpaired) electrons. The number of benzene rings is 1. The summed E-state index contributed by atoms with van der Waals surface area (Å²) in [5.41, 5.74) is 2.75. The third kappa shape index (κ3) is 4.44. The Kier molecular flexibility index (Phi) is 6.69. The van der Waals surface area contributed by atoms with Gasteiger partial charge in [-0.05, 0) is 30.0 Å². The molecule has 3 aliphatic rings. The molecule has 0 spiro atoms. The highest BCUT2D eigenvalue weighted by Crippen LogP contribution is 2.44. The first-order chi connectivity index (χ1) is 17.5. The number of piperazine rings is 1. The molecule has 1 atom stereocenters. The molecule has 2 amide bonds. The lowest BCUT2D eigenvalue weighted by atomic mass is 9.94. The van der Waals surface area contributed by atoms with Gasteiger partial charge in [-0.1, -0.05) is 42.1 Å². The fourth-order valence-corrected chi connectivity index (χ4v) is 5.64. The molecule has 4 heterocycles. The first-order valence-corrected chi connectivity index (χ1v) is 12.5. The zero-order chi connectivity index (χ0) is 25.2. The van der Waals surface area contributed by atoms with Crippen LogP contribution in [0.15, 0.2) is 80.5 Å². The lowest BCUT2D eigenvalue weighted by Crippen LogP contribution is -2.50. The highest BCUT2D eigenvalue weighted by molar-refractivity contribution is 8.16. The van der Waals surface area contributed by atoms with Gasteiger partial charge in [-0.15, -0.1) is 0 Å². The molecule has 36 heavy (non-hydrogen) atoms. The molecular formula is C26H26N4O5S. The van der Waals surface area contributed by atoms with Crippen molar-refractivity contribution in [3.8, 4) is 0 Å². The van der Waals surface area contributed by atoms with Crippen LogP contribution in [-0.2, 0) is 14.3 Å². The molecule has 0 unspecified atom stereocenters. The molecule has 0 bridgehead atoms. The molecule has 0 saturated carbocycles. The van der Waals surface area contributed by atoms with Crippen LogP contribution >= 0.6 is 11.8 Å². The van der Waals surface area contributed by atoms with Crippen LogP contribution in [0.25, 0.3) is 0 Å². The number of fused-ring (bicyclic) bond motifs is 1. The molecule has 5 rings (SSSR count). The average Bonchev–Trinajstić information content (AvgIpc) is 3.58. The van der Waals surface area contributed by atoms with E-state index < -0.39 is 12.0 Å². The van der Waals surface area contributed by atoms with Crippen LogP contribution in [-0.4, -0.2) is 70.9 Å². The van der Waals surface area contributed by atoms with Crippen LogP contribution in [0.3, 0.4) is 0 Å². The van der Waals surface area contributed by atoms with E-state index in [1.54, 1.807) is 28.9 Å². The molecule has 9 nitrogen and oxygen atoms in total. The van der Waals surface area contributed by atoms with Crippen molar-refractivity contribution in [1.29, 1.82) is 0 Å². The van der Waals surface area contributed by atoms with Crippen LogP contribution in [0.2, 0.25) is 0 Å². The molecule has 1 saturated heterocycles. The molecule has 2 aromatic rings. The highest BCUT2D eigenvalue weighted by Gasteiger charge is 2.41. The van der Waals surface area contributed by atoms with Crippen molar-refractivity contribution in [2.45, 2.75) is 19.4 Å². The van der Waals surface area contributed by atoms with E-state index >= 15 is 0 Å². The molecule has 10 heteroatoms. The molecule has 1 fully saturated rings.